The molecule has 7 heteroatoms. The van der Waals surface area contributed by atoms with E-state index in [2.05, 4.69) is 10.4 Å². The lowest BCUT2D eigenvalue weighted by molar-refractivity contribution is -0.136. The average Bonchev–Trinajstić information content (AvgIpc) is 2.71. The van der Waals surface area contributed by atoms with Gasteiger partial charge in [-0.1, -0.05) is 0 Å². The van der Waals surface area contributed by atoms with E-state index in [1.165, 1.54) is 0 Å². The van der Waals surface area contributed by atoms with Gasteiger partial charge >= 0.3 is 6.18 Å². The summed E-state index contributed by atoms with van der Waals surface area (Å²) in [6, 6.07) is 0. The summed E-state index contributed by atoms with van der Waals surface area (Å²) in [6.07, 6.45) is -1.38. The predicted molar refractivity (Wildman–Crippen MR) is 61.1 cm³/mol. The second kappa shape index (κ2) is 7.38. The number of hydrogen-bond acceptors (Lipinski definition) is 3. The first kappa shape index (κ1) is 15.0. The maximum atomic E-state index is 12.0. The van der Waals surface area contributed by atoms with Gasteiger partial charge < -0.3 is 10.1 Å². The molecular weight excluding hydrogens is 247 g/mol. The van der Waals surface area contributed by atoms with Crippen molar-refractivity contribution in [3.63, 3.8) is 0 Å². The van der Waals surface area contributed by atoms with Crippen LogP contribution in [0.5, 0.6) is 0 Å². The van der Waals surface area contributed by atoms with E-state index < -0.39 is 12.6 Å². The Bertz CT molecular complexity index is 339. The van der Waals surface area contributed by atoms with Gasteiger partial charge in [-0.25, -0.2) is 0 Å². The Kier molecular flexibility index (Phi) is 6.14. The molecule has 0 spiro atoms. The Hall–Kier alpha value is -1.08. The third-order valence-electron chi connectivity index (χ3n) is 2.35. The summed E-state index contributed by atoms with van der Waals surface area (Å²) in [5.41, 5.74) is 0.957. The first-order valence-electron chi connectivity index (χ1n) is 5.79. The van der Waals surface area contributed by atoms with Crippen molar-refractivity contribution in [2.45, 2.75) is 32.1 Å². The standard InChI is InChI=1S/C11H18F3N3O/c1-18-6-4-15-7-10-8-16-17(9-10)5-2-3-11(12,13)14/h8-9,15H,2-7H2,1H3. The lowest BCUT2D eigenvalue weighted by Crippen LogP contribution is -2.18. The number of hydrogen-bond donors (Lipinski definition) is 1. The monoisotopic (exact) mass is 265 g/mol. The van der Waals surface area contributed by atoms with Crippen molar-refractivity contribution in [2.75, 3.05) is 20.3 Å². The minimum Gasteiger partial charge on any atom is -0.383 e. The molecule has 0 bridgehead atoms. The molecule has 0 amide bonds. The number of aryl methyl sites for hydroxylation is 1. The molecule has 1 aromatic heterocycles. The van der Waals surface area contributed by atoms with E-state index in [4.69, 9.17) is 4.74 Å². The van der Waals surface area contributed by atoms with E-state index >= 15 is 0 Å². The lowest BCUT2D eigenvalue weighted by atomic mass is 10.3. The Morgan fingerprint density at radius 1 is 1.44 bits per heavy atom. The Morgan fingerprint density at radius 2 is 2.22 bits per heavy atom. The fourth-order valence-corrected chi connectivity index (χ4v) is 1.47. The fourth-order valence-electron chi connectivity index (χ4n) is 1.47. The van der Waals surface area contributed by atoms with Crippen LogP contribution in [0.1, 0.15) is 18.4 Å². The SMILES string of the molecule is COCCNCc1cnn(CCCC(F)(F)F)c1. The van der Waals surface area contributed by atoms with E-state index in [9.17, 15) is 13.2 Å². The van der Waals surface area contributed by atoms with Gasteiger partial charge in [0.1, 0.15) is 0 Å². The van der Waals surface area contributed by atoms with Gasteiger partial charge in [-0.05, 0) is 6.42 Å². The number of nitrogens with zero attached hydrogens (tertiary/aromatic N) is 2. The van der Waals surface area contributed by atoms with Gasteiger partial charge in [0.05, 0.1) is 12.8 Å². The number of halogens is 3. The normalized spacial score (nSPS) is 12.0. The summed E-state index contributed by atoms with van der Waals surface area (Å²) >= 11 is 0. The zero-order valence-electron chi connectivity index (χ0n) is 10.3. The van der Waals surface area contributed by atoms with Gasteiger partial charge in [-0.2, -0.15) is 18.3 Å². The van der Waals surface area contributed by atoms with Crippen LogP contribution in [-0.2, 0) is 17.8 Å². The molecule has 0 aliphatic rings. The molecule has 0 saturated carbocycles. The molecule has 0 unspecified atom stereocenters. The van der Waals surface area contributed by atoms with Crippen LogP contribution in [0, 0.1) is 0 Å². The first-order chi connectivity index (χ1) is 8.51. The highest BCUT2D eigenvalue weighted by molar-refractivity contribution is 5.03. The van der Waals surface area contributed by atoms with Crippen LogP contribution in [0.2, 0.25) is 0 Å². The van der Waals surface area contributed by atoms with E-state index in [1.54, 1.807) is 24.2 Å². The summed E-state index contributed by atoms with van der Waals surface area (Å²) in [5.74, 6) is 0. The molecule has 1 rings (SSSR count). The van der Waals surface area contributed by atoms with Crippen LogP contribution in [0.15, 0.2) is 12.4 Å². The number of methoxy groups -OCH3 is 1. The molecule has 1 N–H and O–H groups in total. The second-order valence-corrected chi connectivity index (χ2v) is 4.00. The van der Waals surface area contributed by atoms with Gasteiger partial charge in [-0.3, -0.25) is 4.68 Å². The summed E-state index contributed by atoms with van der Waals surface area (Å²) in [4.78, 5) is 0. The molecule has 0 aromatic carbocycles. The van der Waals surface area contributed by atoms with E-state index in [-0.39, 0.29) is 13.0 Å². The van der Waals surface area contributed by atoms with Gasteiger partial charge in [-0.15, -0.1) is 0 Å². The zero-order chi connectivity index (χ0) is 13.4. The molecular formula is C11H18F3N3O. The van der Waals surface area contributed by atoms with Gasteiger partial charge in [0.2, 0.25) is 0 Å². The highest BCUT2D eigenvalue weighted by atomic mass is 19.4. The minimum atomic E-state index is -4.09. The lowest BCUT2D eigenvalue weighted by Gasteiger charge is -2.05. The van der Waals surface area contributed by atoms with Crippen LogP contribution >= 0.6 is 0 Å². The zero-order valence-corrected chi connectivity index (χ0v) is 10.3. The topological polar surface area (TPSA) is 39.1 Å². The molecule has 104 valence electrons. The predicted octanol–water partition coefficient (Wildman–Crippen LogP) is 1.96. The van der Waals surface area contributed by atoms with Gasteiger partial charge in [0.15, 0.2) is 0 Å². The highest BCUT2D eigenvalue weighted by Gasteiger charge is 2.25. The Balaban J connectivity index is 2.21. The fraction of sp³-hybridized carbons (Fsp3) is 0.727. The Labute approximate surface area is 104 Å². The average molecular weight is 265 g/mol. The third-order valence-corrected chi connectivity index (χ3v) is 2.35. The maximum Gasteiger partial charge on any atom is 0.389 e. The van der Waals surface area contributed by atoms with E-state index in [0.717, 1.165) is 12.1 Å². The van der Waals surface area contributed by atoms with Crippen LogP contribution in [-0.4, -0.2) is 36.2 Å². The van der Waals surface area contributed by atoms with Crippen molar-refractivity contribution in [1.82, 2.24) is 15.1 Å². The van der Waals surface area contributed by atoms with Crippen LogP contribution < -0.4 is 5.32 Å². The molecule has 0 fully saturated rings. The van der Waals surface area contributed by atoms with Crippen molar-refractivity contribution < 1.29 is 17.9 Å². The number of nitrogens with one attached hydrogen (secondary N) is 1. The number of alkyl halides is 3. The molecule has 18 heavy (non-hydrogen) atoms. The summed E-state index contributed by atoms with van der Waals surface area (Å²) in [6.45, 7) is 2.29. The number of rotatable bonds is 8. The molecule has 1 heterocycles. The molecule has 0 aliphatic heterocycles. The number of aromatic nitrogens is 2. The van der Waals surface area contributed by atoms with Gasteiger partial charge in [0.25, 0.3) is 0 Å². The quantitative estimate of drug-likeness (QED) is 0.730. The molecule has 4 nitrogen and oxygen atoms in total. The smallest absolute Gasteiger partial charge is 0.383 e. The molecule has 0 saturated heterocycles. The van der Waals surface area contributed by atoms with Crippen LogP contribution in [0.4, 0.5) is 13.2 Å². The summed E-state index contributed by atoms with van der Waals surface area (Å²) < 4.78 is 42.3. The summed E-state index contributed by atoms with van der Waals surface area (Å²) in [7, 11) is 1.63. The molecule has 0 radical (unpaired) electrons. The van der Waals surface area contributed by atoms with Crippen molar-refractivity contribution in [3.8, 4) is 0 Å². The molecule has 0 aliphatic carbocycles. The van der Waals surface area contributed by atoms with Crippen molar-refractivity contribution in [3.05, 3.63) is 18.0 Å². The van der Waals surface area contributed by atoms with Crippen LogP contribution in [0.25, 0.3) is 0 Å². The largest absolute Gasteiger partial charge is 0.389 e. The van der Waals surface area contributed by atoms with Crippen LogP contribution in [0.3, 0.4) is 0 Å². The molecule has 1 aromatic rings. The number of ether oxygens (including phenoxy) is 1. The second-order valence-electron chi connectivity index (χ2n) is 4.00. The first-order valence-corrected chi connectivity index (χ1v) is 5.79. The highest BCUT2D eigenvalue weighted by Crippen LogP contribution is 2.21. The minimum absolute atomic E-state index is 0.0573. The van der Waals surface area contributed by atoms with Gasteiger partial charge in [0, 0.05) is 44.9 Å². The van der Waals surface area contributed by atoms with E-state index in [1.807, 2.05) is 0 Å². The maximum absolute atomic E-state index is 12.0. The van der Waals surface area contributed by atoms with Crippen molar-refractivity contribution in [2.24, 2.45) is 0 Å². The third kappa shape index (κ3) is 6.61. The Morgan fingerprint density at radius 3 is 2.89 bits per heavy atom. The summed E-state index contributed by atoms with van der Waals surface area (Å²) in [5, 5.41) is 7.15. The van der Waals surface area contributed by atoms with E-state index in [0.29, 0.717) is 13.2 Å². The molecule has 0 atom stereocenters. The van der Waals surface area contributed by atoms with Crippen molar-refractivity contribution in [1.29, 1.82) is 0 Å². The van der Waals surface area contributed by atoms with Crippen molar-refractivity contribution >= 4 is 0 Å².